The van der Waals surface area contributed by atoms with Crippen LogP contribution in [0.3, 0.4) is 0 Å². The van der Waals surface area contributed by atoms with Crippen LogP contribution < -0.4 is 10.6 Å². The predicted octanol–water partition coefficient (Wildman–Crippen LogP) is 1.18. The number of aryl methyl sites for hydroxylation is 1. The van der Waals surface area contributed by atoms with Crippen molar-refractivity contribution in [2.24, 2.45) is 0 Å². The van der Waals surface area contributed by atoms with E-state index in [1.54, 1.807) is 24.3 Å². The van der Waals surface area contributed by atoms with Gasteiger partial charge >= 0.3 is 12.0 Å². The number of ether oxygens (including phenoxy) is 1. The van der Waals surface area contributed by atoms with Crippen molar-refractivity contribution in [1.29, 1.82) is 0 Å². The van der Waals surface area contributed by atoms with Crippen LogP contribution >= 0.6 is 0 Å². The molecule has 0 saturated carbocycles. The van der Waals surface area contributed by atoms with Gasteiger partial charge in [0, 0.05) is 26.6 Å². The van der Waals surface area contributed by atoms with Crippen LogP contribution in [-0.2, 0) is 30.8 Å². The third-order valence-electron chi connectivity index (χ3n) is 4.64. The molecule has 1 aliphatic heterocycles. The lowest BCUT2D eigenvalue weighted by Crippen LogP contribution is -2.43. The minimum atomic E-state index is -3.48. The number of carbonyl (C=O) groups excluding carboxylic acids is 3. The average molecular weight is 426 g/mol. The van der Waals surface area contributed by atoms with Crippen molar-refractivity contribution >= 4 is 27.9 Å². The maximum absolute atomic E-state index is 12.6. The Labute approximate surface area is 170 Å². The van der Waals surface area contributed by atoms with Crippen molar-refractivity contribution in [2.75, 3.05) is 20.1 Å². The van der Waals surface area contributed by atoms with E-state index in [1.165, 1.54) is 18.3 Å². The molecule has 2 rings (SSSR count). The van der Waals surface area contributed by atoms with Gasteiger partial charge in [-0.1, -0.05) is 18.6 Å². The summed E-state index contributed by atoms with van der Waals surface area (Å²) in [6, 6.07) is 5.75. The molecule has 1 atom stereocenters. The molecular formula is C19H27N3O6S. The quantitative estimate of drug-likeness (QED) is 0.633. The third kappa shape index (κ3) is 6.53. The normalized spacial score (nSPS) is 15.9. The van der Waals surface area contributed by atoms with Gasteiger partial charge in [-0.3, -0.25) is 14.9 Å². The van der Waals surface area contributed by atoms with E-state index in [2.05, 4.69) is 5.32 Å². The number of amides is 3. The van der Waals surface area contributed by atoms with E-state index >= 15 is 0 Å². The molecule has 10 heteroatoms. The first-order valence-corrected chi connectivity index (χ1v) is 11.0. The van der Waals surface area contributed by atoms with Crippen molar-refractivity contribution in [2.45, 2.75) is 50.0 Å². The van der Waals surface area contributed by atoms with Crippen LogP contribution in [0.2, 0.25) is 0 Å². The lowest BCUT2D eigenvalue weighted by Gasteiger charge is -2.25. The van der Waals surface area contributed by atoms with Crippen molar-refractivity contribution in [1.82, 2.24) is 14.9 Å². The number of hydrogen-bond acceptors (Lipinski definition) is 6. The van der Waals surface area contributed by atoms with Gasteiger partial charge in [-0.2, -0.15) is 4.31 Å². The SMILES string of the molecule is CNC(=O)NC(=O)[C@@H](C)OC(=O)CCc1ccc(S(=O)(=O)N2CCCCC2)cc1. The van der Waals surface area contributed by atoms with Gasteiger partial charge < -0.3 is 10.1 Å². The summed E-state index contributed by atoms with van der Waals surface area (Å²) >= 11 is 0. The zero-order chi connectivity index (χ0) is 21.4. The predicted molar refractivity (Wildman–Crippen MR) is 106 cm³/mol. The molecule has 0 aliphatic carbocycles. The van der Waals surface area contributed by atoms with Crippen molar-refractivity contribution in [3.63, 3.8) is 0 Å². The van der Waals surface area contributed by atoms with E-state index in [-0.39, 0.29) is 11.3 Å². The van der Waals surface area contributed by atoms with Gasteiger partial charge in [0.25, 0.3) is 5.91 Å². The first-order valence-electron chi connectivity index (χ1n) is 9.55. The van der Waals surface area contributed by atoms with E-state index in [1.807, 2.05) is 5.32 Å². The number of carbonyl (C=O) groups is 3. The standard InChI is InChI=1S/C19H27N3O6S/c1-14(18(24)21-19(25)20-2)28-17(23)11-8-15-6-9-16(10-7-15)29(26,27)22-12-4-3-5-13-22/h6-7,9-10,14H,3-5,8,11-13H2,1-2H3,(H2,20,21,24,25)/t14-/m1/s1. The number of nitrogens with one attached hydrogen (secondary N) is 2. The summed E-state index contributed by atoms with van der Waals surface area (Å²) in [7, 11) is -2.12. The second kappa shape index (κ2) is 10.4. The van der Waals surface area contributed by atoms with Gasteiger partial charge in [0.1, 0.15) is 0 Å². The summed E-state index contributed by atoms with van der Waals surface area (Å²) in [5.41, 5.74) is 0.780. The minimum absolute atomic E-state index is 0.0236. The number of sulfonamides is 1. The molecule has 2 N–H and O–H groups in total. The first kappa shape index (κ1) is 22.8. The molecule has 3 amide bonds. The highest BCUT2D eigenvalue weighted by atomic mass is 32.2. The second-order valence-electron chi connectivity index (χ2n) is 6.81. The molecule has 1 saturated heterocycles. The number of urea groups is 1. The maximum Gasteiger partial charge on any atom is 0.321 e. The highest BCUT2D eigenvalue weighted by molar-refractivity contribution is 7.89. The topological polar surface area (TPSA) is 122 Å². The summed E-state index contributed by atoms with van der Waals surface area (Å²) in [5.74, 6) is -1.31. The van der Waals surface area contributed by atoms with Crippen LogP contribution in [0.5, 0.6) is 0 Å². The van der Waals surface area contributed by atoms with Crippen molar-refractivity contribution < 1.29 is 27.5 Å². The fraction of sp³-hybridized carbons (Fsp3) is 0.526. The fourth-order valence-corrected chi connectivity index (χ4v) is 4.43. The summed E-state index contributed by atoms with van der Waals surface area (Å²) in [6.07, 6.45) is 2.06. The van der Waals surface area contributed by atoms with Gasteiger partial charge in [-0.25, -0.2) is 13.2 Å². The molecule has 0 bridgehead atoms. The van der Waals surface area contributed by atoms with E-state index in [9.17, 15) is 22.8 Å². The molecule has 160 valence electrons. The molecule has 1 heterocycles. The summed E-state index contributed by atoms with van der Waals surface area (Å²) in [4.78, 5) is 34.9. The number of hydrogen-bond donors (Lipinski definition) is 2. The molecule has 0 unspecified atom stereocenters. The molecule has 1 fully saturated rings. The number of imide groups is 1. The molecule has 1 aromatic rings. The Balaban J connectivity index is 1.86. The fourth-order valence-electron chi connectivity index (χ4n) is 2.91. The Morgan fingerprint density at radius 3 is 2.31 bits per heavy atom. The summed E-state index contributed by atoms with van der Waals surface area (Å²) in [5, 5.41) is 4.26. The molecule has 29 heavy (non-hydrogen) atoms. The number of esters is 1. The Morgan fingerprint density at radius 2 is 1.72 bits per heavy atom. The van der Waals surface area contributed by atoms with Crippen LogP contribution in [0.15, 0.2) is 29.2 Å². The van der Waals surface area contributed by atoms with Crippen LogP contribution in [0.1, 0.15) is 38.2 Å². The first-order chi connectivity index (χ1) is 13.7. The second-order valence-corrected chi connectivity index (χ2v) is 8.75. The Kier molecular flexibility index (Phi) is 8.15. The van der Waals surface area contributed by atoms with Gasteiger partial charge in [0.2, 0.25) is 10.0 Å². The molecule has 1 aliphatic rings. The average Bonchev–Trinajstić information content (AvgIpc) is 2.73. The van der Waals surface area contributed by atoms with Gasteiger partial charge in [0.05, 0.1) is 4.90 Å². The largest absolute Gasteiger partial charge is 0.453 e. The van der Waals surface area contributed by atoms with Crippen molar-refractivity contribution in [3.05, 3.63) is 29.8 Å². The molecule has 0 spiro atoms. The zero-order valence-electron chi connectivity index (χ0n) is 16.6. The zero-order valence-corrected chi connectivity index (χ0v) is 17.5. The monoisotopic (exact) mass is 425 g/mol. The Hall–Kier alpha value is -2.46. The lowest BCUT2D eigenvalue weighted by molar-refractivity contribution is -0.154. The minimum Gasteiger partial charge on any atom is -0.453 e. The van der Waals surface area contributed by atoms with Crippen LogP contribution in [0.25, 0.3) is 0 Å². The number of piperidine rings is 1. The third-order valence-corrected chi connectivity index (χ3v) is 6.55. The number of rotatable bonds is 7. The summed E-state index contributed by atoms with van der Waals surface area (Å²) < 4.78 is 31.8. The number of nitrogens with zero attached hydrogens (tertiary/aromatic N) is 1. The number of benzene rings is 1. The van der Waals surface area contributed by atoms with E-state index in [4.69, 9.17) is 4.74 Å². The van der Waals surface area contributed by atoms with Gasteiger partial charge in [-0.15, -0.1) is 0 Å². The van der Waals surface area contributed by atoms with Crippen LogP contribution in [0, 0.1) is 0 Å². The molecule has 0 radical (unpaired) electrons. The van der Waals surface area contributed by atoms with E-state index in [0.717, 1.165) is 24.8 Å². The smallest absolute Gasteiger partial charge is 0.321 e. The highest BCUT2D eigenvalue weighted by Gasteiger charge is 2.25. The Bertz CT molecular complexity index is 832. The summed E-state index contributed by atoms with van der Waals surface area (Å²) in [6.45, 7) is 2.46. The van der Waals surface area contributed by atoms with Crippen LogP contribution in [-0.4, -0.2) is 56.9 Å². The maximum atomic E-state index is 12.6. The molecule has 9 nitrogen and oxygen atoms in total. The molecule has 1 aromatic carbocycles. The highest BCUT2D eigenvalue weighted by Crippen LogP contribution is 2.21. The van der Waals surface area contributed by atoms with Crippen LogP contribution in [0.4, 0.5) is 4.79 Å². The Morgan fingerprint density at radius 1 is 1.10 bits per heavy atom. The molecule has 0 aromatic heterocycles. The van der Waals surface area contributed by atoms with E-state index < -0.39 is 34.0 Å². The van der Waals surface area contributed by atoms with E-state index in [0.29, 0.717) is 19.5 Å². The molecular weight excluding hydrogens is 398 g/mol. The van der Waals surface area contributed by atoms with Gasteiger partial charge in [-0.05, 0) is 43.9 Å². The lowest BCUT2D eigenvalue weighted by atomic mass is 10.1. The van der Waals surface area contributed by atoms with Gasteiger partial charge in [0.15, 0.2) is 6.10 Å². The van der Waals surface area contributed by atoms with Crippen molar-refractivity contribution in [3.8, 4) is 0 Å².